The summed E-state index contributed by atoms with van der Waals surface area (Å²) in [6, 6.07) is 3.52. The maximum atomic E-state index is 13.2. The van der Waals surface area contributed by atoms with Crippen LogP contribution in [0.3, 0.4) is 0 Å². The number of hydrogen-bond donors (Lipinski definition) is 2. The lowest BCUT2D eigenvalue weighted by atomic mass is 10.0. The van der Waals surface area contributed by atoms with Crippen LogP contribution in [-0.4, -0.2) is 132 Å². The molecule has 0 aromatic heterocycles. The fourth-order valence-electron chi connectivity index (χ4n) is 5.09. The topological polar surface area (TPSA) is 194 Å². The standard InChI is InChI=1S/C34H49N3O13/c1-2-50-30(40)12-14-45-16-18-47-20-22-49-24-23-48-21-19-46-17-15-44-13-5-3-4-9-28(38)35-26-8-6-7-25-31(26)34(43)37(33(25)42)27-10-11-29(39)36-32(27)41/h6-8,27H,2-5,9-24H2,1H3,(H,35,38)(H,36,39,41). The first-order valence-corrected chi connectivity index (χ1v) is 17.1. The van der Waals surface area contributed by atoms with Crippen LogP contribution >= 0.6 is 0 Å². The lowest BCUT2D eigenvalue weighted by molar-refractivity contribution is -0.144. The molecule has 278 valence electrons. The van der Waals surface area contributed by atoms with Crippen LogP contribution in [0.5, 0.6) is 0 Å². The Bertz CT molecular complexity index is 1270. The second-order valence-electron chi connectivity index (χ2n) is 11.3. The van der Waals surface area contributed by atoms with Gasteiger partial charge in [-0.2, -0.15) is 0 Å². The van der Waals surface area contributed by atoms with E-state index in [-0.39, 0.29) is 54.4 Å². The minimum atomic E-state index is -1.07. The summed E-state index contributed by atoms with van der Waals surface area (Å²) in [5.41, 5.74) is 0.377. The Labute approximate surface area is 291 Å². The van der Waals surface area contributed by atoms with Gasteiger partial charge in [0.2, 0.25) is 17.7 Å². The van der Waals surface area contributed by atoms with E-state index in [0.29, 0.717) is 92.3 Å². The summed E-state index contributed by atoms with van der Waals surface area (Å²) in [6.07, 6.45) is 2.68. The molecule has 1 aromatic carbocycles. The molecule has 0 bridgehead atoms. The molecule has 2 N–H and O–H groups in total. The predicted molar refractivity (Wildman–Crippen MR) is 176 cm³/mol. The van der Waals surface area contributed by atoms with Crippen LogP contribution in [0.4, 0.5) is 5.69 Å². The van der Waals surface area contributed by atoms with E-state index in [2.05, 4.69) is 10.6 Å². The maximum Gasteiger partial charge on any atom is 0.308 e. The van der Waals surface area contributed by atoms with Crippen molar-refractivity contribution in [2.24, 2.45) is 0 Å². The highest BCUT2D eigenvalue weighted by Gasteiger charge is 2.45. The van der Waals surface area contributed by atoms with Gasteiger partial charge in [-0.3, -0.25) is 39.0 Å². The number of unbranched alkanes of at least 4 members (excludes halogenated alkanes) is 2. The van der Waals surface area contributed by atoms with Crippen LogP contribution in [0.15, 0.2) is 18.2 Å². The van der Waals surface area contributed by atoms with Crippen LogP contribution in [0, 0.1) is 0 Å². The van der Waals surface area contributed by atoms with E-state index in [4.69, 9.17) is 33.2 Å². The Hall–Kier alpha value is -3.80. The van der Waals surface area contributed by atoms with Gasteiger partial charge in [-0.15, -0.1) is 0 Å². The third-order valence-electron chi connectivity index (χ3n) is 7.55. The van der Waals surface area contributed by atoms with Gasteiger partial charge in [-0.1, -0.05) is 12.5 Å². The summed E-state index contributed by atoms with van der Waals surface area (Å²) in [5, 5.41) is 4.89. The third-order valence-corrected chi connectivity index (χ3v) is 7.55. The fraction of sp³-hybridized carbons (Fsp3) is 0.647. The SMILES string of the molecule is CCOC(=O)CCOCCOCCOCCOCCOCCOCCCCCC(=O)Nc1cccc2c1C(=O)N(C1CCC(=O)NC1=O)C2=O. The summed E-state index contributed by atoms with van der Waals surface area (Å²) in [6.45, 7) is 7.36. The number of anilines is 1. The molecule has 0 radical (unpaired) electrons. The molecule has 1 unspecified atom stereocenters. The molecular weight excluding hydrogens is 658 g/mol. The number of rotatable bonds is 27. The molecule has 1 atom stereocenters. The van der Waals surface area contributed by atoms with Gasteiger partial charge in [0.15, 0.2) is 0 Å². The summed E-state index contributed by atoms with van der Waals surface area (Å²) >= 11 is 0. The summed E-state index contributed by atoms with van der Waals surface area (Å²) in [4.78, 5) is 74.6. The van der Waals surface area contributed by atoms with Gasteiger partial charge < -0.3 is 38.5 Å². The summed E-state index contributed by atoms with van der Waals surface area (Å²) in [7, 11) is 0. The molecule has 5 amide bonds. The van der Waals surface area contributed by atoms with Crippen molar-refractivity contribution < 1.29 is 61.9 Å². The molecule has 0 saturated carbocycles. The van der Waals surface area contributed by atoms with Crippen LogP contribution in [0.25, 0.3) is 0 Å². The van der Waals surface area contributed by atoms with E-state index < -0.39 is 29.7 Å². The van der Waals surface area contributed by atoms with Crippen molar-refractivity contribution in [1.82, 2.24) is 10.2 Å². The monoisotopic (exact) mass is 707 g/mol. The number of fused-ring (bicyclic) bond motifs is 1. The van der Waals surface area contributed by atoms with E-state index in [1.165, 1.54) is 6.07 Å². The van der Waals surface area contributed by atoms with Crippen molar-refractivity contribution in [3.63, 3.8) is 0 Å². The molecule has 1 saturated heterocycles. The number of carbonyl (C=O) groups is 6. The molecule has 1 fully saturated rings. The smallest absolute Gasteiger partial charge is 0.308 e. The minimum Gasteiger partial charge on any atom is -0.466 e. The van der Waals surface area contributed by atoms with Crippen molar-refractivity contribution >= 4 is 41.2 Å². The first-order chi connectivity index (χ1) is 24.3. The summed E-state index contributed by atoms with van der Waals surface area (Å²) < 4.78 is 37.4. The van der Waals surface area contributed by atoms with E-state index in [1.54, 1.807) is 19.1 Å². The van der Waals surface area contributed by atoms with Crippen molar-refractivity contribution in [3.05, 3.63) is 29.3 Å². The number of hydrogen-bond acceptors (Lipinski definition) is 13. The second-order valence-corrected chi connectivity index (χ2v) is 11.3. The Morgan fingerprint density at radius 2 is 1.32 bits per heavy atom. The number of nitrogens with zero attached hydrogens (tertiary/aromatic N) is 1. The van der Waals surface area contributed by atoms with Crippen molar-refractivity contribution in [2.45, 2.75) is 57.9 Å². The molecule has 16 heteroatoms. The largest absolute Gasteiger partial charge is 0.466 e. The number of carbonyl (C=O) groups excluding carboxylic acids is 6. The highest BCUT2D eigenvalue weighted by Crippen LogP contribution is 2.32. The lowest BCUT2D eigenvalue weighted by Crippen LogP contribution is -2.54. The molecule has 3 rings (SSSR count). The van der Waals surface area contributed by atoms with Crippen molar-refractivity contribution in [3.8, 4) is 0 Å². The Kier molecular flexibility index (Phi) is 19.2. The van der Waals surface area contributed by atoms with Gasteiger partial charge in [-0.25, -0.2) is 0 Å². The predicted octanol–water partition coefficient (Wildman–Crippen LogP) is 1.64. The number of ether oxygens (including phenoxy) is 7. The molecule has 2 aliphatic rings. The number of esters is 1. The molecular formula is C34H49N3O13. The Morgan fingerprint density at radius 3 is 1.90 bits per heavy atom. The van der Waals surface area contributed by atoms with Gasteiger partial charge in [0.1, 0.15) is 6.04 Å². The van der Waals surface area contributed by atoms with Gasteiger partial charge in [0, 0.05) is 19.4 Å². The number of amides is 5. The van der Waals surface area contributed by atoms with Gasteiger partial charge >= 0.3 is 5.97 Å². The van der Waals surface area contributed by atoms with Crippen molar-refractivity contribution in [2.75, 3.05) is 91.2 Å². The molecule has 1 aromatic rings. The quantitative estimate of drug-likeness (QED) is 0.0762. The molecule has 16 nitrogen and oxygen atoms in total. The molecule has 0 aliphatic carbocycles. The van der Waals surface area contributed by atoms with Crippen LogP contribution in [-0.2, 0) is 52.3 Å². The fourth-order valence-corrected chi connectivity index (χ4v) is 5.09. The number of piperidine rings is 1. The van der Waals surface area contributed by atoms with E-state index in [0.717, 1.165) is 17.7 Å². The van der Waals surface area contributed by atoms with Gasteiger partial charge in [-0.05, 0) is 38.3 Å². The lowest BCUT2D eigenvalue weighted by Gasteiger charge is -2.27. The Balaban J connectivity index is 1.11. The third kappa shape index (κ3) is 14.2. The minimum absolute atomic E-state index is 0.0278. The average molecular weight is 708 g/mol. The first-order valence-electron chi connectivity index (χ1n) is 17.1. The van der Waals surface area contributed by atoms with Crippen molar-refractivity contribution in [1.29, 1.82) is 0 Å². The number of nitrogens with one attached hydrogen (secondary N) is 2. The zero-order chi connectivity index (χ0) is 36.0. The Morgan fingerprint density at radius 1 is 0.740 bits per heavy atom. The first kappa shape index (κ1) is 40.6. The second kappa shape index (κ2) is 23.6. The number of imide groups is 2. The van der Waals surface area contributed by atoms with E-state index in [9.17, 15) is 28.8 Å². The molecule has 50 heavy (non-hydrogen) atoms. The van der Waals surface area contributed by atoms with Crippen LogP contribution in [0.1, 0.15) is 72.6 Å². The zero-order valence-electron chi connectivity index (χ0n) is 28.7. The van der Waals surface area contributed by atoms with Gasteiger partial charge in [0.25, 0.3) is 11.8 Å². The van der Waals surface area contributed by atoms with Gasteiger partial charge in [0.05, 0.1) is 103 Å². The zero-order valence-corrected chi connectivity index (χ0v) is 28.7. The van der Waals surface area contributed by atoms with E-state index >= 15 is 0 Å². The normalized spacial score (nSPS) is 15.7. The average Bonchev–Trinajstić information content (AvgIpc) is 3.34. The van der Waals surface area contributed by atoms with Crippen LogP contribution in [0.2, 0.25) is 0 Å². The maximum absolute atomic E-state index is 13.2. The van der Waals surface area contributed by atoms with Crippen LogP contribution < -0.4 is 10.6 Å². The van der Waals surface area contributed by atoms with E-state index in [1.807, 2.05) is 0 Å². The number of benzene rings is 1. The summed E-state index contributed by atoms with van der Waals surface area (Å²) in [5.74, 6) is -2.99. The molecule has 2 heterocycles. The molecule has 0 spiro atoms. The highest BCUT2D eigenvalue weighted by atomic mass is 16.6. The molecule has 2 aliphatic heterocycles. The highest BCUT2D eigenvalue weighted by molar-refractivity contribution is 6.26.